The normalized spacial score (nSPS) is 23.6. The van der Waals surface area contributed by atoms with Gasteiger partial charge in [0.15, 0.2) is 0 Å². The van der Waals surface area contributed by atoms with E-state index in [1.54, 1.807) is 7.11 Å². The Kier molecular flexibility index (Phi) is 6.73. The molecule has 0 aromatic carbocycles. The molecule has 2 saturated heterocycles. The van der Waals surface area contributed by atoms with Gasteiger partial charge in [0.1, 0.15) is 0 Å². The van der Waals surface area contributed by atoms with Crippen LogP contribution in [0.1, 0.15) is 32.6 Å². The Morgan fingerprint density at radius 2 is 1.95 bits per heavy atom. The first-order chi connectivity index (χ1) is 10.2. The highest BCUT2D eigenvalue weighted by molar-refractivity contribution is 5.79. The summed E-state index contributed by atoms with van der Waals surface area (Å²) < 4.78 is 5.13. The zero-order valence-electron chi connectivity index (χ0n) is 13.6. The molecule has 0 spiro atoms. The summed E-state index contributed by atoms with van der Waals surface area (Å²) in [7, 11) is 1.70. The van der Waals surface area contributed by atoms with Crippen LogP contribution in [0.25, 0.3) is 0 Å². The number of aliphatic imine (C=N–C) groups is 1. The summed E-state index contributed by atoms with van der Waals surface area (Å²) in [5, 5.41) is 0. The lowest BCUT2D eigenvalue weighted by Gasteiger charge is -2.35. The van der Waals surface area contributed by atoms with Crippen LogP contribution in [0, 0.1) is 5.92 Å². The van der Waals surface area contributed by atoms with Gasteiger partial charge in [-0.3, -0.25) is 5.43 Å². The third-order valence-electron chi connectivity index (χ3n) is 4.51. The predicted molar refractivity (Wildman–Crippen MR) is 86.1 cm³/mol. The Hall–Kier alpha value is -0.850. The largest absolute Gasteiger partial charge is 0.382 e. The van der Waals surface area contributed by atoms with Crippen molar-refractivity contribution in [3.05, 3.63) is 0 Å². The zero-order chi connectivity index (χ0) is 15.1. The van der Waals surface area contributed by atoms with Gasteiger partial charge in [-0.2, -0.15) is 0 Å². The third-order valence-corrected chi connectivity index (χ3v) is 4.51. The maximum atomic E-state index is 5.64. The van der Waals surface area contributed by atoms with Gasteiger partial charge in [-0.25, -0.2) is 10.8 Å². The molecule has 0 aromatic rings. The summed E-state index contributed by atoms with van der Waals surface area (Å²) in [5.41, 5.74) is 2.76. The van der Waals surface area contributed by atoms with Crippen molar-refractivity contribution in [2.75, 3.05) is 46.4 Å². The van der Waals surface area contributed by atoms with E-state index in [-0.39, 0.29) is 6.04 Å². The molecule has 2 fully saturated rings. The predicted octanol–water partition coefficient (Wildman–Crippen LogP) is 0.648. The van der Waals surface area contributed by atoms with Gasteiger partial charge in [-0.15, -0.1) is 0 Å². The molecule has 1 atom stereocenters. The van der Waals surface area contributed by atoms with E-state index < -0.39 is 0 Å². The molecule has 0 radical (unpaired) electrons. The molecule has 0 aliphatic carbocycles. The van der Waals surface area contributed by atoms with Crippen LogP contribution in [0.5, 0.6) is 0 Å². The van der Waals surface area contributed by atoms with Gasteiger partial charge < -0.3 is 14.5 Å². The summed E-state index contributed by atoms with van der Waals surface area (Å²) in [6, 6.07) is 0.128. The minimum atomic E-state index is 0.128. The number of likely N-dealkylation sites (tertiary alicyclic amines) is 2. The summed E-state index contributed by atoms with van der Waals surface area (Å²) in [4.78, 5) is 9.50. The van der Waals surface area contributed by atoms with Crippen LogP contribution in [0.15, 0.2) is 4.99 Å². The molecule has 2 rings (SSSR count). The number of guanidine groups is 1. The fourth-order valence-electron chi connectivity index (χ4n) is 3.36. The summed E-state index contributed by atoms with van der Waals surface area (Å²) >= 11 is 0. The van der Waals surface area contributed by atoms with Crippen molar-refractivity contribution in [3.63, 3.8) is 0 Å². The molecular formula is C15H31N5O. The number of methoxy groups -OCH3 is 1. The molecule has 0 aromatic heterocycles. The summed E-state index contributed by atoms with van der Waals surface area (Å²) in [6.45, 7) is 8.62. The molecule has 2 aliphatic rings. The molecule has 6 nitrogen and oxygen atoms in total. The number of hydrogen-bond acceptors (Lipinski definition) is 4. The van der Waals surface area contributed by atoms with Gasteiger partial charge in [0.25, 0.3) is 0 Å². The maximum Gasteiger partial charge on any atom is 0.208 e. The summed E-state index contributed by atoms with van der Waals surface area (Å²) in [6.07, 6.45) is 5.22. The van der Waals surface area contributed by atoms with Crippen molar-refractivity contribution in [2.24, 2.45) is 16.8 Å². The van der Waals surface area contributed by atoms with E-state index in [0.717, 1.165) is 25.0 Å². The monoisotopic (exact) mass is 297 g/mol. The van der Waals surface area contributed by atoms with E-state index in [1.807, 2.05) is 6.92 Å². The van der Waals surface area contributed by atoms with Crippen molar-refractivity contribution in [1.29, 1.82) is 0 Å². The Labute approximate surface area is 128 Å². The molecule has 0 amide bonds. The van der Waals surface area contributed by atoms with Gasteiger partial charge in [0, 0.05) is 26.7 Å². The second kappa shape index (κ2) is 8.56. The fraction of sp³-hybridized carbons (Fsp3) is 0.933. The van der Waals surface area contributed by atoms with Crippen LogP contribution in [0.2, 0.25) is 0 Å². The molecular weight excluding hydrogens is 266 g/mol. The van der Waals surface area contributed by atoms with Crippen molar-refractivity contribution < 1.29 is 4.74 Å². The number of nitrogens with two attached hydrogens (primary N) is 1. The van der Waals surface area contributed by atoms with Gasteiger partial charge in [-0.05, 0) is 51.6 Å². The van der Waals surface area contributed by atoms with Crippen molar-refractivity contribution in [1.82, 2.24) is 15.2 Å². The van der Waals surface area contributed by atoms with Gasteiger partial charge in [-0.1, -0.05) is 0 Å². The van der Waals surface area contributed by atoms with E-state index in [4.69, 9.17) is 10.6 Å². The first-order valence-electron chi connectivity index (χ1n) is 8.23. The second-order valence-electron chi connectivity index (χ2n) is 6.34. The lowest BCUT2D eigenvalue weighted by atomic mass is 9.96. The molecule has 0 saturated carbocycles. The SMILES string of the molecule is COCC(C)N=C(NN)N1CCC(CN2CCCC2)CC1. The molecule has 0 bridgehead atoms. The maximum absolute atomic E-state index is 5.64. The molecule has 122 valence electrons. The average Bonchev–Trinajstić information content (AvgIpc) is 2.99. The minimum absolute atomic E-state index is 0.128. The average molecular weight is 297 g/mol. The lowest BCUT2D eigenvalue weighted by molar-refractivity contribution is 0.182. The van der Waals surface area contributed by atoms with Crippen LogP contribution < -0.4 is 11.3 Å². The number of hydrogen-bond donors (Lipinski definition) is 2. The molecule has 1 unspecified atom stereocenters. The highest BCUT2D eigenvalue weighted by atomic mass is 16.5. The fourth-order valence-corrected chi connectivity index (χ4v) is 3.36. The summed E-state index contributed by atoms with van der Waals surface area (Å²) in [5.74, 6) is 7.28. The van der Waals surface area contributed by atoms with Crippen LogP contribution in [0.3, 0.4) is 0 Å². The van der Waals surface area contributed by atoms with E-state index >= 15 is 0 Å². The van der Waals surface area contributed by atoms with Crippen LogP contribution in [-0.4, -0.2) is 68.2 Å². The quantitative estimate of drug-likeness (QED) is 0.337. The second-order valence-corrected chi connectivity index (χ2v) is 6.34. The van der Waals surface area contributed by atoms with Crippen LogP contribution in [-0.2, 0) is 4.74 Å². The van der Waals surface area contributed by atoms with Crippen molar-refractivity contribution in [2.45, 2.75) is 38.6 Å². The number of piperidine rings is 1. The van der Waals surface area contributed by atoms with E-state index in [0.29, 0.717) is 6.61 Å². The Morgan fingerprint density at radius 1 is 1.29 bits per heavy atom. The van der Waals surface area contributed by atoms with Crippen molar-refractivity contribution in [3.8, 4) is 0 Å². The number of nitrogens with one attached hydrogen (secondary N) is 1. The van der Waals surface area contributed by atoms with Crippen LogP contribution in [0.4, 0.5) is 0 Å². The van der Waals surface area contributed by atoms with Gasteiger partial charge in [0.2, 0.25) is 5.96 Å². The minimum Gasteiger partial charge on any atom is -0.382 e. The first kappa shape index (κ1) is 16.5. The molecule has 21 heavy (non-hydrogen) atoms. The molecule has 2 aliphatic heterocycles. The number of hydrazine groups is 1. The molecule has 6 heteroatoms. The van der Waals surface area contributed by atoms with Gasteiger partial charge >= 0.3 is 0 Å². The number of nitrogens with zero attached hydrogens (tertiary/aromatic N) is 3. The zero-order valence-corrected chi connectivity index (χ0v) is 13.6. The van der Waals surface area contributed by atoms with E-state index in [9.17, 15) is 0 Å². The standard InChI is InChI=1S/C15H31N5O/c1-13(12-21-2)17-15(18-16)20-9-5-14(6-10-20)11-19-7-3-4-8-19/h13-14H,3-12,16H2,1-2H3,(H,17,18). The first-order valence-corrected chi connectivity index (χ1v) is 8.23. The Bertz CT molecular complexity index is 322. The highest BCUT2D eigenvalue weighted by Gasteiger charge is 2.24. The smallest absolute Gasteiger partial charge is 0.208 e. The van der Waals surface area contributed by atoms with Gasteiger partial charge in [0.05, 0.1) is 12.6 Å². The Morgan fingerprint density at radius 3 is 2.52 bits per heavy atom. The molecule has 2 heterocycles. The van der Waals surface area contributed by atoms with Crippen molar-refractivity contribution >= 4 is 5.96 Å². The number of ether oxygens (including phenoxy) is 1. The highest BCUT2D eigenvalue weighted by Crippen LogP contribution is 2.20. The molecule has 3 N–H and O–H groups in total. The third kappa shape index (κ3) is 5.13. The van der Waals surface area contributed by atoms with E-state index in [1.165, 1.54) is 45.3 Å². The number of rotatable bonds is 5. The van der Waals surface area contributed by atoms with E-state index in [2.05, 4.69) is 20.2 Å². The lowest BCUT2D eigenvalue weighted by Crippen LogP contribution is -2.49. The van der Waals surface area contributed by atoms with Crippen LogP contribution >= 0.6 is 0 Å². The Balaban J connectivity index is 1.78. The topological polar surface area (TPSA) is 66.1 Å².